The minimum Gasteiger partial charge on any atom is -0.330 e. The van der Waals surface area contributed by atoms with E-state index < -0.39 is 0 Å². The van der Waals surface area contributed by atoms with E-state index in [1.54, 1.807) is 11.8 Å². The Morgan fingerprint density at radius 2 is 2.00 bits per heavy atom. The van der Waals surface area contributed by atoms with E-state index in [2.05, 4.69) is 34.8 Å². The standard InChI is InChI=1S/C24H27N5OS/c1-17(2)24-25-11-12-28(24)14-18-7-6-8-19(13-18)26-23(30)15-29-21-10-5-4-9-20(21)27-22(29)16-31-3/h4-13,17H,14-16H2,1-3H3,(H,26,30). The molecular weight excluding hydrogens is 406 g/mol. The van der Waals surface area contributed by atoms with Gasteiger partial charge in [0.1, 0.15) is 18.2 Å². The number of para-hydroxylation sites is 2. The lowest BCUT2D eigenvalue weighted by atomic mass is 10.1. The van der Waals surface area contributed by atoms with Crippen molar-refractivity contribution >= 4 is 34.4 Å². The van der Waals surface area contributed by atoms with Gasteiger partial charge >= 0.3 is 0 Å². The second-order valence-corrected chi connectivity index (χ2v) is 8.72. The zero-order valence-electron chi connectivity index (χ0n) is 18.1. The van der Waals surface area contributed by atoms with Gasteiger partial charge in [-0.25, -0.2) is 9.97 Å². The van der Waals surface area contributed by atoms with Gasteiger partial charge in [-0.2, -0.15) is 11.8 Å². The van der Waals surface area contributed by atoms with Crippen molar-refractivity contribution in [1.29, 1.82) is 0 Å². The molecule has 2 heterocycles. The number of benzene rings is 2. The highest BCUT2D eigenvalue weighted by Crippen LogP contribution is 2.20. The lowest BCUT2D eigenvalue weighted by Gasteiger charge is -2.13. The minimum atomic E-state index is -0.0619. The second kappa shape index (κ2) is 9.39. The van der Waals surface area contributed by atoms with Crippen molar-refractivity contribution in [2.24, 2.45) is 0 Å². The van der Waals surface area contributed by atoms with E-state index in [0.29, 0.717) is 5.92 Å². The minimum absolute atomic E-state index is 0.0619. The monoisotopic (exact) mass is 433 g/mol. The Bertz CT molecular complexity index is 1190. The third kappa shape index (κ3) is 4.82. The highest BCUT2D eigenvalue weighted by Gasteiger charge is 2.14. The van der Waals surface area contributed by atoms with Gasteiger partial charge in [-0.05, 0) is 36.1 Å². The SMILES string of the molecule is CSCc1nc2ccccc2n1CC(=O)Nc1cccc(Cn2ccnc2C(C)C)c1. The van der Waals surface area contributed by atoms with Gasteiger partial charge < -0.3 is 14.5 Å². The van der Waals surface area contributed by atoms with Crippen molar-refractivity contribution < 1.29 is 4.79 Å². The Balaban J connectivity index is 1.50. The number of anilines is 1. The second-order valence-electron chi connectivity index (χ2n) is 7.85. The normalized spacial score (nSPS) is 11.4. The Morgan fingerprint density at radius 3 is 2.81 bits per heavy atom. The van der Waals surface area contributed by atoms with Crippen LogP contribution in [-0.2, 0) is 23.6 Å². The van der Waals surface area contributed by atoms with E-state index in [1.807, 2.05) is 65.7 Å². The third-order valence-corrected chi connectivity index (χ3v) is 5.68. The number of carbonyl (C=O) groups is 1. The molecule has 0 fully saturated rings. The fraction of sp³-hybridized carbons (Fsp3) is 0.292. The van der Waals surface area contributed by atoms with Crippen LogP contribution in [0.15, 0.2) is 60.9 Å². The molecule has 0 saturated carbocycles. The number of nitrogens with zero attached hydrogens (tertiary/aromatic N) is 4. The Morgan fingerprint density at radius 1 is 1.16 bits per heavy atom. The van der Waals surface area contributed by atoms with Gasteiger partial charge in [-0.15, -0.1) is 0 Å². The van der Waals surface area contributed by atoms with Crippen LogP contribution in [0.2, 0.25) is 0 Å². The Labute approximate surface area is 186 Å². The molecule has 0 spiro atoms. The predicted molar refractivity (Wildman–Crippen MR) is 127 cm³/mol. The fourth-order valence-corrected chi connectivity index (χ4v) is 4.26. The summed E-state index contributed by atoms with van der Waals surface area (Å²) < 4.78 is 4.16. The number of nitrogens with one attached hydrogen (secondary N) is 1. The topological polar surface area (TPSA) is 64.7 Å². The summed E-state index contributed by atoms with van der Waals surface area (Å²) in [6.07, 6.45) is 5.88. The molecule has 7 heteroatoms. The largest absolute Gasteiger partial charge is 0.330 e. The quantitative estimate of drug-likeness (QED) is 0.429. The molecule has 4 aromatic rings. The van der Waals surface area contributed by atoms with Crippen LogP contribution < -0.4 is 5.32 Å². The molecule has 0 aliphatic heterocycles. The Kier molecular flexibility index (Phi) is 6.42. The number of rotatable bonds is 8. The zero-order valence-corrected chi connectivity index (χ0v) is 18.9. The fourth-order valence-electron chi connectivity index (χ4n) is 3.78. The molecule has 6 nitrogen and oxygen atoms in total. The highest BCUT2D eigenvalue weighted by molar-refractivity contribution is 7.97. The number of carbonyl (C=O) groups excluding carboxylic acids is 1. The van der Waals surface area contributed by atoms with E-state index in [1.165, 1.54) is 0 Å². The van der Waals surface area contributed by atoms with Crippen LogP contribution in [-0.4, -0.2) is 31.3 Å². The van der Waals surface area contributed by atoms with Gasteiger partial charge in [0.05, 0.1) is 16.8 Å². The lowest BCUT2D eigenvalue weighted by Crippen LogP contribution is -2.20. The molecule has 0 aliphatic carbocycles. The number of hydrogen-bond acceptors (Lipinski definition) is 4. The first kappa shape index (κ1) is 21.2. The van der Waals surface area contributed by atoms with Gasteiger partial charge in [0.2, 0.25) is 5.91 Å². The molecule has 2 aromatic carbocycles. The summed E-state index contributed by atoms with van der Waals surface area (Å²) >= 11 is 1.70. The van der Waals surface area contributed by atoms with Gasteiger partial charge in [-0.1, -0.05) is 38.1 Å². The predicted octanol–water partition coefficient (Wildman–Crippen LogP) is 4.91. The number of fused-ring (bicyclic) bond motifs is 1. The van der Waals surface area contributed by atoms with Crippen LogP contribution in [0.1, 0.15) is 37.0 Å². The molecule has 31 heavy (non-hydrogen) atoms. The molecule has 0 unspecified atom stereocenters. The van der Waals surface area contributed by atoms with E-state index in [-0.39, 0.29) is 12.5 Å². The van der Waals surface area contributed by atoms with Crippen LogP contribution >= 0.6 is 11.8 Å². The first-order valence-corrected chi connectivity index (χ1v) is 11.8. The average Bonchev–Trinajstić information content (AvgIpc) is 3.34. The molecule has 1 amide bonds. The average molecular weight is 434 g/mol. The van der Waals surface area contributed by atoms with Gasteiger partial charge in [-0.3, -0.25) is 4.79 Å². The molecule has 0 radical (unpaired) electrons. The zero-order chi connectivity index (χ0) is 21.8. The molecule has 0 bridgehead atoms. The first-order chi connectivity index (χ1) is 15.0. The molecular formula is C24H27N5OS. The van der Waals surface area contributed by atoms with Crippen molar-refractivity contribution in [3.05, 3.63) is 78.1 Å². The van der Waals surface area contributed by atoms with E-state index >= 15 is 0 Å². The molecule has 1 N–H and O–H groups in total. The molecule has 0 atom stereocenters. The number of imidazole rings is 2. The third-order valence-electron chi connectivity index (χ3n) is 5.14. The molecule has 2 aromatic heterocycles. The van der Waals surface area contributed by atoms with Crippen LogP contribution in [0.4, 0.5) is 5.69 Å². The summed E-state index contributed by atoms with van der Waals surface area (Å²) in [7, 11) is 0. The van der Waals surface area contributed by atoms with Crippen molar-refractivity contribution in [3.63, 3.8) is 0 Å². The summed E-state index contributed by atoms with van der Waals surface area (Å²) in [5, 5.41) is 3.05. The van der Waals surface area contributed by atoms with Gasteiger partial charge in [0.15, 0.2) is 0 Å². The summed E-state index contributed by atoms with van der Waals surface area (Å²) in [5.74, 6) is 3.04. The maximum atomic E-state index is 12.9. The van der Waals surface area contributed by atoms with E-state index in [9.17, 15) is 4.79 Å². The molecule has 0 saturated heterocycles. The Hall–Kier alpha value is -3.06. The van der Waals surface area contributed by atoms with Crippen LogP contribution in [0, 0.1) is 0 Å². The molecule has 4 rings (SSSR count). The maximum absolute atomic E-state index is 12.9. The number of aromatic nitrogens is 4. The van der Waals surface area contributed by atoms with Crippen LogP contribution in [0.3, 0.4) is 0 Å². The summed E-state index contributed by atoms with van der Waals surface area (Å²) in [5.41, 5.74) is 3.82. The lowest BCUT2D eigenvalue weighted by molar-refractivity contribution is -0.116. The van der Waals surface area contributed by atoms with Crippen molar-refractivity contribution in [1.82, 2.24) is 19.1 Å². The summed E-state index contributed by atoms with van der Waals surface area (Å²) in [6, 6.07) is 15.9. The van der Waals surface area contributed by atoms with Crippen molar-refractivity contribution in [2.75, 3.05) is 11.6 Å². The van der Waals surface area contributed by atoms with E-state index in [0.717, 1.165) is 46.2 Å². The smallest absolute Gasteiger partial charge is 0.244 e. The number of thioether (sulfide) groups is 1. The number of amides is 1. The summed E-state index contributed by atoms with van der Waals surface area (Å²) in [6.45, 7) is 5.24. The van der Waals surface area contributed by atoms with Gasteiger partial charge in [0.25, 0.3) is 0 Å². The van der Waals surface area contributed by atoms with Crippen LogP contribution in [0.25, 0.3) is 11.0 Å². The molecule has 160 valence electrons. The van der Waals surface area contributed by atoms with Gasteiger partial charge in [0, 0.05) is 30.5 Å². The summed E-state index contributed by atoms with van der Waals surface area (Å²) in [4.78, 5) is 22.0. The number of hydrogen-bond donors (Lipinski definition) is 1. The van der Waals surface area contributed by atoms with Crippen molar-refractivity contribution in [3.8, 4) is 0 Å². The van der Waals surface area contributed by atoms with E-state index in [4.69, 9.17) is 4.98 Å². The highest BCUT2D eigenvalue weighted by atomic mass is 32.2. The maximum Gasteiger partial charge on any atom is 0.244 e. The first-order valence-electron chi connectivity index (χ1n) is 10.4. The molecule has 0 aliphatic rings. The van der Waals surface area contributed by atoms with Crippen molar-refractivity contribution in [2.45, 2.75) is 38.6 Å². The van der Waals surface area contributed by atoms with Crippen LogP contribution in [0.5, 0.6) is 0 Å².